The van der Waals surface area contributed by atoms with Crippen molar-refractivity contribution in [1.82, 2.24) is 9.88 Å². The Balaban J connectivity index is 1.91. The Bertz CT molecular complexity index is 1090. The van der Waals surface area contributed by atoms with Gasteiger partial charge in [-0.2, -0.15) is 5.26 Å². The number of benzene rings is 2. The molecule has 1 heterocycles. The van der Waals surface area contributed by atoms with Gasteiger partial charge in [0.2, 0.25) is 0 Å². The van der Waals surface area contributed by atoms with Crippen molar-refractivity contribution in [2.45, 2.75) is 19.5 Å². The topological polar surface area (TPSA) is 95.1 Å². The lowest BCUT2D eigenvalue weighted by Gasteiger charge is -2.13. The Morgan fingerprint density at radius 3 is 2.54 bits per heavy atom. The summed E-state index contributed by atoms with van der Waals surface area (Å²) in [7, 11) is 0. The maximum Gasteiger partial charge on any atom is 0.323 e. The minimum Gasteiger partial charge on any atom is -0.480 e. The fraction of sp³-hybridized carbons (Fsp3) is 0.136. The number of carboxylic acids is 1. The number of rotatable bonds is 6. The van der Waals surface area contributed by atoms with Crippen LogP contribution < -0.4 is 5.32 Å². The molecular formula is C22H19N3O3. The number of nitrogens with one attached hydrogen (secondary N) is 1. The van der Waals surface area contributed by atoms with Gasteiger partial charge in [-0.3, -0.25) is 9.59 Å². The number of aromatic nitrogens is 1. The van der Waals surface area contributed by atoms with Crippen LogP contribution in [0.15, 0.2) is 66.4 Å². The Morgan fingerprint density at radius 1 is 1.18 bits per heavy atom. The molecule has 1 aromatic heterocycles. The quantitative estimate of drug-likeness (QED) is 0.511. The normalized spacial score (nSPS) is 12.4. The molecule has 1 atom stereocenters. The zero-order chi connectivity index (χ0) is 20.1. The van der Waals surface area contributed by atoms with Crippen LogP contribution >= 0.6 is 0 Å². The lowest BCUT2D eigenvalue weighted by Crippen LogP contribution is -2.27. The molecule has 6 heteroatoms. The van der Waals surface area contributed by atoms with E-state index in [9.17, 15) is 14.9 Å². The smallest absolute Gasteiger partial charge is 0.323 e. The second-order valence-electron chi connectivity index (χ2n) is 6.40. The summed E-state index contributed by atoms with van der Waals surface area (Å²) in [6, 6.07) is 18.4. The van der Waals surface area contributed by atoms with Gasteiger partial charge in [-0.25, -0.2) is 0 Å². The molecule has 2 N–H and O–H groups in total. The van der Waals surface area contributed by atoms with E-state index < -0.39 is 11.9 Å². The molecule has 0 bridgehead atoms. The summed E-state index contributed by atoms with van der Waals surface area (Å²) in [4.78, 5) is 23.7. The first kappa shape index (κ1) is 18.9. The molecular weight excluding hydrogens is 354 g/mol. The fourth-order valence-electron chi connectivity index (χ4n) is 3.07. The third kappa shape index (κ3) is 4.10. The molecule has 28 heavy (non-hydrogen) atoms. The van der Waals surface area contributed by atoms with E-state index in [1.54, 1.807) is 16.8 Å². The van der Waals surface area contributed by atoms with E-state index >= 15 is 0 Å². The van der Waals surface area contributed by atoms with Crippen LogP contribution in [0, 0.1) is 11.3 Å². The molecule has 3 rings (SSSR count). The number of hydrogen-bond donors (Lipinski definition) is 2. The number of para-hydroxylation sites is 1. The summed E-state index contributed by atoms with van der Waals surface area (Å²) in [5.41, 5.74) is 2.25. The first-order valence-electron chi connectivity index (χ1n) is 8.77. The second-order valence-corrected chi connectivity index (χ2v) is 6.40. The number of carboxylic acid groups (broad SMARTS) is 1. The highest BCUT2D eigenvalue weighted by Crippen LogP contribution is 2.24. The van der Waals surface area contributed by atoms with Crippen LogP contribution in [-0.4, -0.2) is 21.6 Å². The van der Waals surface area contributed by atoms with Gasteiger partial charge < -0.3 is 15.0 Å². The van der Waals surface area contributed by atoms with Crippen molar-refractivity contribution in [3.63, 3.8) is 0 Å². The lowest BCUT2D eigenvalue weighted by molar-refractivity contribution is -0.137. The van der Waals surface area contributed by atoms with Crippen molar-refractivity contribution in [1.29, 1.82) is 5.26 Å². The molecule has 0 saturated heterocycles. The minimum atomic E-state index is -0.966. The summed E-state index contributed by atoms with van der Waals surface area (Å²) in [5.74, 6) is -1.44. The number of nitrogens with zero attached hydrogens (tertiary/aromatic N) is 2. The average Bonchev–Trinajstić information content (AvgIpc) is 3.03. The van der Waals surface area contributed by atoms with Crippen molar-refractivity contribution in [3.05, 3.63) is 77.5 Å². The van der Waals surface area contributed by atoms with Crippen molar-refractivity contribution >= 4 is 28.9 Å². The molecule has 0 radical (unpaired) electrons. The van der Waals surface area contributed by atoms with Gasteiger partial charge in [0.25, 0.3) is 5.91 Å². The number of carbonyl (C=O) groups is 2. The first-order chi connectivity index (χ1) is 13.5. The summed E-state index contributed by atoms with van der Waals surface area (Å²) in [6.07, 6.45) is 3.14. The number of carbonyl (C=O) groups excluding carboxylic acids is 1. The van der Waals surface area contributed by atoms with Gasteiger partial charge >= 0.3 is 5.97 Å². The van der Waals surface area contributed by atoms with E-state index in [0.717, 1.165) is 16.5 Å². The molecule has 0 aliphatic rings. The third-order valence-corrected chi connectivity index (χ3v) is 4.44. The van der Waals surface area contributed by atoms with Gasteiger partial charge in [0, 0.05) is 22.7 Å². The van der Waals surface area contributed by atoms with Crippen LogP contribution in [0.2, 0.25) is 0 Å². The molecule has 3 aromatic rings. The van der Waals surface area contributed by atoms with E-state index in [-0.39, 0.29) is 18.2 Å². The van der Waals surface area contributed by atoms with E-state index in [4.69, 9.17) is 5.11 Å². The lowest BCUT2D eigenvalue weighted by atomic mass is 10.1. The van der Waals surface area contributed by atoms with Crippen molar-refractivity contribution in [2.24, 2.45) is 0 Å². The maximum absolute atomic E-state index is 12.6. The molecule has 140 valence electrons. The molecule has 2 aromatic carbocycles. The molecule has 0 aliphatic carbocycles. The van der Waals surface area contributed by atoms with E-state index in [1.807, 2.05) is 61.5 Å². The number of hydrogen-bond acceptors (Lipinski definition) is 3. The number of fused-ring (bicyclic) bond motifs is 1. The van der Waals surface area contributed by atoms with Gasteiger partial charge in [-0.05, 0) is 24.6 Å². The number of amides is 1. The van der Waals surface area contributed by atoms with Crippen LogP contribution in [-0.2, 0) is 16.1 Å². The predicted molar refractivity (Wildman–Crippen MR) is 106 cm³/mol. The van der Waals surface area contributed by atoms with Gasteiger partial charge in [0.15, 0.2) is 0 Å². The minimum absolute atomic E-state index is 0.0407. The Morgan fingerprint density at radius 2 is 1.86 bits per heavy atom. The largest absolute Gasteiger partial charge is 0.480 e. The van der Waals surface area contributed by atoms with Crippen LogP contribution in [0.1, 0.15) is 24.1 Å². The summed E-state index contributed by atoms with van der Waals surface area (Å²) < 4.78 is 1.59. The molecule has 1 amide bonds. The zero-order valence-electron chi connectivity index (χ0n) is 15.3. The standard InChI is InChI=1S/C22H19N3O3/c1-15(16-7-3-2-4-8-16)24-22(28)17(12-23)11-18-13-25(14-21(26)27)20-10-6-5-9-19(18)20/h2-11,13,15H,14H2,1H3,(H,24,28)(H,26,27)/b17-11-/t15-/m0/s1. The van der Waals surface area contributed by atoms with Gasteiger partial charge in [0.05, 0.1) is 6.04 Å². The van der Waals surface area contributed by atoms with Crippen LogP contribution in [0.25, 0.3) is 17.0 Å². The van der Waals surface area contributed by atoms with E-state index in [1.165, 1.54) is 6.08 Å². The van der Waals surface area contributed by atoms with Crippen molar-refractivity contribution < 1.29 is 14.7 Å². The highest BCUT2D eigenvalue weighted by molar-refractivity contribution is 6.04. The first-order valence-corrected chi connectivity index (χ1v) is 8.77. The van der Waals surface area contributed by atoms with E-state index in [0.29, 0.717) is 5.56 Å². The monoisotopic (exact) mass is 373 g/mol. The fourth-order valence-corrected chi connectivity index (χ4v) is 3.07. The summed E-state index contributed by atoms with van der Waals surface area (Å²) in [5, 5.41) is 22.2. The van der Waals surface area contributed by atoms with Crippen LogP contribution in [0.5, 0.6) is 0 Å². The predicted octanol–water partition coefficient (Wildman–Crippen LogP) is 3.51. The molecule has 0 aliphatic heterocycles. The van der Waals surface area contributed by atoms with Gasteiger partial charge in [-0.1, -0.05) is 48.5 Å². The highest BCUT2D eigenvalue weighted by atomic mass is 16.4. The second kappa shape index (κ2) is 8.23. The van der Waals surface area contributed by atoms with Crippen molar-refractivity contribution in [3.8, 4) is 6.07 Å². The Hall–Kier alpha value is -3.85. The Kier molecular flexibility index (Phi) is 5.56. The number of nitriles is 1. The molecule has 0 fully saturated rings. The molecule has 6 nitrogen and oxygen atoms in total. The van der Waals surface area contributed by atoms with Crippen LogP contribution in [0.3, 0.4) is 0 Å². The number of aliphatic carboxylic acids is 1. The zero-order valence-corrected chi connectivity index (χ0v) is 15.3. The Labute approximate surface area is 162 Å². The average molecular weight is 373 g/mol. The van der Waals surface area contributed by atoms with Gasteiger partial charge in [0.1, 0.15) is 18.2 Å². The van der Waals surface area contributed by atoms with Crippen LogP contribution in [0.4, 0.5) is 0 Å². The molecule has 0 unspecified atom stereocenters. The summed E-state index contributed by atoms with van der Waals surface area (Å²) in [6.45, 7) is 1.65. The van der Waals surface area contributed by atoms with Crippen molar-refractivity contribution in [2.75, 3.05) is 0 Å². The van der Waals surface area contributed by atoms with Gasteiger partial charge in [-0.15, -0.1) is 0 Å². The summed E-state index contributed by atoms with van der Waals surface area (Å²) >= 11 is 0. The molecule has 0 spiro atoms. The third-order valence-electron chi connectivity index (χ3n) is 4.44. The molecule has 0 saturated carbocycles. The van der Waals surface area contributed by atoms with E-state index in [2.05, 4.69) is 5.32 Å². The highest BCUT2D eigenvalue weighted by Gasteiger charge is 2.16. The SMILES string of the molecule is C[C@H](NC(=O)/C(C#N)=C\c1cn(CC(=O)O)c2ccccc12)c1ccccc1. The maximum atomic E-state index is 12.6.